The molecule has 1 aromatic carbocycles. The van der Waals surface area contributed by atoms with Crippen LogP contribution in [0.4, 0.5) is 4.79 Å². The molecule has 4 amide bonds. The molecule has 1 saturated carbocycles. The van der Waals surface area contributed by atoms with Gasteiger partial charge in [-0.15, -0.1) is 11.3 Å². The third-order valence-electron chi connectivity index (χ3n) is 4.81. The normalized spacial score (nSPS) is 25.0. The van der Waals surface area contributed by atoms with E-state index in [1.807, 2.05) is 17.5 Å². The van der Waals surface area contributed by atoms with E-state index in [2.05, 4.69) is 20.9 Å². The summed E-state index contributed by atoms with van der Waals surface area (Å²) in [7, 11) is 0. The minimum absolute atomic E-state index is 0.259. The lowest BCUT2D eigenvalue weighted by molar-refractivity contribution is -0.124. The molecular weight excluding hydrogens is 340 g/mol. The molecule has 1 saturated heterocycles. The molecule has 2 atom stereocenters. The number of rotatable bonds is 3. The smallest absolute Gasteiger partial charge is 0.322 e. The number of aromatic nitrogens is 1. The number of amides is 4. The number of hydrogen-bond donors (Lipinski definition) is 3. The van der Waals surface area contributed by atoms with Crippen molar-refractivity contribution in [2.24, 2.45) is 0 Å². The fraction of sp³-hybridized carbons (Fsp3) is 0.294. The number of benzene rings is 1. The molecule has 25 heavy (non-hydrogen) atoms. The van der Waals surface area contributed by atoms with Crippen LogP contribution in [-0.4, -0.2) is 34.4 Å². The Bertz CT molecular complexity index is 834. The van der Waals surface area contributed by atoms with Crippen molar-refractivity contribution in [3.63, 3.8) is 0 Å². The van der Waals surface area contributed by atoms with Gasteiger partial charge in [-0.05, 0) is 31.4 Å². The maximum absolute atomic E-state index is 12.6. The predicted octanol–water partition coefficient (Wildman–Crippen LogP) is 1.67. The van der Waals surface area contributed by atoms with Crippen LogP contribution in [0.15, 0.2) is 35.2 Å². The van der Waals surface area contributed by atoms with Crippen LogP contribution in [0.1, 0.15) is 29.6 Å². The first-order valence-electron chi connectivity index (χ1n) is 8.01. The van der Waals surface area contributed by atoms with Crippen LogP contribution in [0.25, 0.3) is 11.3 Å². The molecule has 0 radical (unpaired) electrons. The third kappa shape index (κ3) is 2.68. The van der Waals surface area contributed by atoms with Gasteiger partial charge >= 0.3 is 6.03 Å². The van der Waals surface area contributed by atoms with Crippen molar-refractivity contribution >= 4 is 29.2 Å². The van der Waals surface area contributed by atoms with Gasteiger partial charge in [0.25, 0.3) is 11.8 Å². The van der Waals surface area contributed by atoms with Crippen molar-refractivity contribution in [2.75, 3.05) is 0 Å². The van der Waals surface area contributed by atoms with Gasteiger partial charge in [0.2, 0.25) is 0 Å². The Balaban J connectivity index is 1.50. The van der Waals surface area contributed by atoms with Gasteiger partial charge < -0.3 is 10.6 Å². The van der Waals surface area contributed by atoms with Gasteiger partial charge in [0.05, 0.1) is 17.2 Å². The van der Waals surface area contributed by atoms with E-state index >= 15 is 0 Å². The molecule has 1 spiro atoms. The van der Waals surface area contributed by atoms with Crippen LogP contribution in [-0.2, 0) is 4.79 Å². The molecule has 2 aliphatic rings. The summed E-state index contributed by atoms with van der Waals surface area (Å²) in [4.78, 5) is 40.5. The summed E-state index contributed by atoms with van der Waals surface area (Å²) in [5, 5.41) is 9.81. The molecule has 2 fully saturated rings. The van der Waals surface area contributed by atoms with Gasteiger partial charge in [-0.2, -0.15) is 0 Å². The zero-order chi connectivity index (χ0) is 17.4. The molecule has 2 aromatic rings. The maximum atomic E-state index is 12.6. The van der Waals surface area contributed by atoms with E-state index in [-0.39, 0.29) is 11.8 Å². The van der Waals surface area contributed by atoms with Gasteiger partial charge in [-0.3, -0.25) is 14.9 Å². The average molecular weight is 356 g/mol. The summed E-state index contributed by atoms with van der Waals surface area (Å²) < 4.78 is 0. The van der Waals surface area contributed by atoms with Crippen molar-refractivity contribution in [2.45, 2.75) is 30.8 Å². The summed E-state index contributed by atoms with van der Waals surface area (Å²) in [6.07, 6.45) is 1.94. The van der Waals surface area contributed by atoms with Crippen LogP contribution < -0.4 is 16.0 Å². The highest BCUT2D eigenvalue weighted by Gasteiger charge is 2.54. The molecule has 8 heteroatoms. The van der Waals surface area contributed by atoms with Crippen LogP contribution in [0, 0.1) is 0 Å². The van der Waals surface area contributed by atoms with E-state index in [1.54, 1.807) is 17.6 Å². The topological polar surface area (TPSA) is 100 Å². The summed E-state index contributed by atoms with van der Waals surface area (Å²) in [6, 6.07) is 6.25. The van der Waals surface area contributed by atoms with Crippen LogP contribution in [0.2, 0.25) is 0 Å². The zero-order valence-corrected chi connectivity index (χ0v) is 14.1. The average Bonchev–Trinajstić information content (AvgIpc) is 3.31. The molecule has 2 heterocycles. The third-order valence-corrected chi connectivity index (χ3v) is 5.39. The highest BCUT2D eigenvalue weighted by molar-refractivity contribution is 7.07. The highest BCUT2D eigenvalue weighted by Crippen LogP contribution is 2.33. The van der Waals surface area contributed by atoms with Crippen molar-refractivity contribution in [1.29, 1.82) is 0 Å². The Morgan fingerprint density at radius 2 is 2.08 bits per heavy atom. The highest BCUT2D eigenvalue weighted by atomic mass is 32.1. The van der Waals surface area contributed by atoms with Crippen molar-refractivity contribution in [3.05, 3.63) is 40.7 Å². The number of hydrogen-bond acceptors (Lipinski definition) is 5. The monoisotopic (exact) mass is 356 g/mol. The lowest BCUT2D eigenvalue weighted by Crippen LogP contribution is -2.59. The number of thiazole rings is 1. The molecule has 7 nitrogen and oxygen atoms in total. The molecule has 0 bridgehead atoms. The van der Waals surface area contributed by atoms with Crippen molar-refractivity contribution in [3.8, 4) is 11.3 Å². The lowest BCUT2D eigenvalue weighted by atomic mass is 9.93. The molecule has 2 unspecified atom stereocenters. The van der Waals surface area contributed by atoms with E-state index in [9.17, 15) is 14.4 Å². The predicted molar refractivity (Wildman–Crippen MR) is 92.1 cm³/mol. The molecule has 1 aliphatic carbocycles. The SMILES string of the molecule is O=C1NC(=O)C2(CCCC2NC(=O)c2ccc(-c3cscn3)cc2)N1. The summed E-state index contributed by atoms with van der Waals surface area (Å²) in [5.41, 5.74) is 3.06. The van der Waals surface area contributed by atoms with Gasteiger partial charge in [0, 0.05) is 16.5 Å². The molecule has 1 aliphatic heterocycles. The second kappa shape index (κ2) is 5.96. The van der Waals surface area contributed by atoms with E-state index in [4.69, 9.17) is 0 Å². The molecule has 3 N–H and O–H groups in total. The quantitative estimate of drug-likeness (QED) is 0.728. The second-order valence-corrected chi connectivity index (χ2v) is 6.97. The Labute approximate surface area is 147 Å². The minimum atomic E-state index is -1.02. The summed E-state index contributed by atoms with van der Waals surface area (Å²) in [6.45, 7) is 0. The lowest BCUT2D eigenvalue weighted by Gasteiger charge is -2.28. The van der Waals surface area contributed by atoms with Crippen LogP contribution >= 0.6 is 11.3 Å². The molecule has 128 valence electrons. The van der Waals surface area contributed by atoms with Gasteiger partial charge in [0.1, 0.15) is 5.54 Å². The van der Waals surface area contributed by atoms with Crippen molar-refractivity contribution in [1.82, 2.24) is 20.9 Å². The Morgan fingerprint density at radius 3 is 2.72 bits per heavy atom. The second-order valence-electron chi connectivity index (χ2n) is 6.25. The fourth-order valence-electron chi connectivity index (χ4n) is 3.52. The standard InChI is InChI=1S/C17H16N4O3S/c22-14(11-5-3-10(4-6-11)12-8-25-9-18-12)19-13-2-1-7-17(13)15(23)20-16(24)21-17/h3-6,8-9,13H,1-2,7H2,(H,19,22)(H2,20,21,23,24). The summed E-state index contributed by atoms with van der Waals surface area (Å²) >= 11 is 1.51. The van der Waals surface area contributed by atoms with Crippen LogP contribution in [0.5, 0.6) is 0 Å². The minimum Gasteiger partial charge on any atom is -0.346 e. The number of carbonyl (C=O) groups is 3. The number of urea groups is 1. The first-order valence-corrected chi connectivity index (χ1v) is 8.96. The molecule has 1 aromatic heterocycles. The van der Waals surface area contributed by atoms with E-state index in [0.717, 1.165) is 17.7 Å². The molecular formula is C17H16N4O3S. The molecule has 4 rings (SSSR count). The zero-order valence-electron chi connectivity index (χ0n) is 13.2. The van der Waals surface area contributed by atoms with Crippen LogP contribution in [0.3, 0.4) is 0 Å². The van der Waals surface area contributed by atoms with E-state index < -0.39 is 17.6 Å². The van der Waals surface area contributed by atoms with Gasteiger partial charge in [0.15, 0.2) is 0 Å². The number of imide groups is 1. The first-order chi connectivity index (χ1) is 12.1. The Hall–Kier alpha value is -2.74. The number of nitrogens with one attached hydrogen (secondary N) is 3. The number of nitrogens with zero attached hydrogens (tertiary/aromatic N) is 1. The Morgan fingerprint density at radius 1 is 1.28 bits per heavy atom. The fourth-order valence-corrected chi connectivity index (χ4v) is 4.08. The number of carbonyl (C=O) groups excluding carboxylic acids is 3. The Kier molecular flexibility index (Phi) is 3.76. The van der Waals surface area contributed by atoms with E-state index in [1.165, 1.54) is 11.3 Å². The van der Waals surface area contributed by atoms with Gasteiger partial charge in [-0.25, -0.2) is 9.78 Å². The van der Waals surface area contributed by atoms with E-state index in [0.29, 0.717) is 18.4 Å². The van der Waals surface area contributed by atoms with Crippen molar-refractivity contribution < 1.29 is 14.4 Å². The maximum Gasteiger partial charge on any atom is 0.322 e. The first kappa shape index (κ1) is 15.8. The van der Waals surface area contributed by atoms with Gasteiger partial charge in [-0.1, -0.05) is 12.1 Å². The summed E-state index contributed by atoms with van der Waals surface area (Å²) in [5.74, 6) is -0.621. The largest absolute Gasteiger partial charge is 0.346 e.